The summed E-state index contributed by atoms with van der Waals surface area (Å²) in [6.45, 7) is 6.96. The molecule has 1 aromatic heterocycles. The quantitative estimate of drug-likeness (QED) is 0.477. The second-order valence-corrected chi connectivity index (χ2v) is 9.00. The van der Waals surface area contributed by atoms with Crippen molar-refractivity contribution < 1.29 is 28.6 Å². The molecule has 2 amide bonds. The smallest absolute Gasteiger partial charge is 0.408 e. The lowest BCUT2D eigenvalue weighted by molar-refractivity contribution is 0.0443. The zero-order valence-corrected chi connectivity index (χ0v) is 19.3. The van der Waals surface area contributed by atoms with E-state index in [0.29, 0.717) is 6.42 Å². The number of carbonyl (C=O) groups is 3. The molecule has 0 spiro atoms. The molecule has 0 aliphatic heterocycles. The van der Waals surface area contributed by atoms with E-state index in [4.69, 9.17) is 14.9 Å². The summed E-state index contributed by atoms with van der Waals surface area (Å²) in [4.78, 5) is 35.8. The molecule has 0 fully saturated rings. The van der Waals surface area contributed by atoms with Gasteiger partial charge in [-0.2, -0.15) is 0 Å². The first kappa shape index (κ1) is 24.4. The van der Waals surface area contributed by atoms with Gasteiger partial charge in [0, 0.05) is 17.5 Å². The molecule has 34 heavy (non-hydrogen) atoms. The van der Waals surface area contributed by atoms with Crippen LogP contribution < -0.4 is 11.1 Å². The van der Waals surface area contributed by atoms with E-state index in [2.05, 4.69) is 15.5 Å². The van der Waals surface area contributed by atoms with Crippen molar-refractivity contribution in [1.82, 2.24) is 15.5 Å². The van der Waals surface area contributed by atoms with Gasteiger partial charge in [-0.3, -0.25) is 4.79 Å². The van der Waals surface area contributed by atoms with Crippen LogP contribution in [-0.2, 0) is 16.7 Å². The minimum absolute atomic E-state index is 0.0198. The number of carboxylic acids is 1. The highest BCUT2D eigenvalue weighted by Crippen LogP contribution is 2.29. The van der Waals surface area contributed by atoms with Gasteiger partial charge in [0.05, 0.1) is 5.56 Å². The largest absolute Gasteiger partial charge is 0.478 e. The molecule has 10 nitrogen and oxygen atoms in total. The van der Waals surface area contributed by atoms with Crippen LogP contribution >= 0.6 is 0 Å². The van der Waals surface area contributed by atoms with Crippen molar-refractivity contribution in [2.24, 2.45) is 5.73 Å². The number of aromatic nitrogens is 2. The Balaban J connectivity index is 2.02. The summed E-state index contributed by atoms with van der Waals surface area (Å²) >= 11 is 0. The molecule has 0 bridgehead atoms. The number of aromatic carboxylic acids is 1. The number of amides is 2. The first-order valence-corrected chi connectivity index (χ1v) is 10.4. The summed E-state index contributed by atoms with van der Waals surface area (Å²) in [5, 5.41) is 20.3. The van der Waals surface area contributed by atoms with Crippen molar-refractivity contribution in [2.75, 3.05) is 0 Å². The standard InChI is InChI=1S/C24H26N4O6/c1-23(2,3)34-22(32)26-24(4,13-14-8-6-5-7-9-14)21-28-27-19(33-21)16-10-15(18(25)29)11-17(12-16)20(30)31/h5-12H,13H2,1-4H3,(H2,25,29)(H,26,32)(H,30,31). The third kappa shape index (κ3) is 5.97. The number of primary amides is 1. The number of hydrogen-bond donors (Lipinski definition) is 3. The number of ether oxygens (including phenoxy) is 1. The fraction of sp³-hybridized carbons (Fsp3) is 0.292. The predicted molar refractivity (Wildman–Crippen MR) is 122 cm³/mol. The highest BCUT2D eigenvalue weighted by atomic mass is 16.6. The van der Waals surface area contributed by atoms with Crippen LogP contribution in [0.3, 0.4) is 0 Å². The van der Waals surface area contributed by atoms with Crippen molar-refractivity contribution in [2.45, 2.75) is 45.3 Å². The van der Waals surface area contributed by atoms with Crippen LogP contribution in [0, 0.1) is 0 Å². The Kier molecular flexibility index (Phi) is 6.71. The predicted octanol–water partition coefficient (Wildman–Crippen LogP) is 3.52. The highest BCUT2D eigenvalue weighted by Gasteiger charge is 2.36. The number of hydrogen-bond acceptors (Lipinski definition) is 7. The third-order valence-corrected chi connectivity index (χ3v) is 4.79. The highest BCUT2D eigenvalue weighted by molar-refractivity contribution is 5.98. The van der Waals surface area contributed by atoms with Gasteiger partial charge in [0.2, 0.25) is 17.7 Å². The summed E-state index contributed by atoms with van der Waals surface area (Å²) < 4.78 is 11.3. The van der Waals surface area contributed by atoms with Gasteiger partial charge in [0.25, 0.3) is 0 Å². The van der Waals surface area contributed by atoms with Crippen LogP contribution in [0.25, 0.3) is 11.5 Å². The van der Waals surface area contributed by atoms with Gasteiger partial charge >= 0.3 is 12.1 Å². The van der Waals surface area contributed by atoms with E-state index < -0.39 is 29.1 Å². The van der Waals surface area contributed by atoms with Crippen LogP contribution in [0.4, 0.5) is 4.79 Å². The molecule has 0 saturated carbocycles. The Bertz CT molecular complexity index is 1180. The number of nitrogens with zero attached hydrogens (tertiary/aromatic N) is 2. The molecule has 0 saturated heterocycles. The van der Waals surface area contributed by atoms with Crippen molar-refractivity contribution in [3.63, 3.8) is 0 Å². The fourth-order valence-electron chi connectivity index (χ4n) is 3.29. The minimum Gasteiger partial charge on any atom is -0.478 e. The van der Waals surface area contributed by atoms with E-state index >= 15 is 0 Å². The molecular formula is C24H26N4O6. The second-order valence-electron chi connectivity index (χ2n) is 9.00. The normalized spacial score (nSPS) is 13.1. The summed E-state index contributed by atoms with van der Waals surface area (Å²) in [5.74, 6) is -2.02. The Hall–Kier alpha value is -4.21. The van der Waals surface area contributed by atoms with Crippen molar-refractivity contribution >= 4 is 18.0 Å². The Morgan fingerprint density at radius 2 is 1.68 bits per heavy atom. The van der Waals surface area contributed by atoms with Gasteiger partial charge in [-0.15, -0.1) is 10.2 Å². The first-order valence-electron chi connectivity index (χ1n) is 10.4. The number of nitrogens with one attached hydrogen (secondary N) is 1. The maximum absolute atomic E-state index is 12.6. The monoisotopic (exact) mass is 466 g/mol. The zero-order valence-electron chi connectivity index (χ0n) is 19.3. The maximum atomic E-state index is 12.6. The van der Waals surface area contributed by atoms with Gasteiger partial charge in [-0.25, -0.2) is 9.59 Å². The zero-order chi connectivity index (χ0) is 25.1. The summed E-state index contributed by atoms with van der Waals surface area (Å²) in [6, 6.07) is 13.2. The molecule has 4 N–H and O–H groups in total. The molecule has 0 radical (unpaired) electrons. The van der Waals surface area contributed by atoms with E-state index in [1.807, 2.05) is 30.3 Å². The van der Waals surface area contributed by atoms with Crippen molar-refractivity contribution in [1.29, 1.82) is 0 Å². The van der Waals surface area contributed by atoms with Crippen molar-refractivity contribution in [3.8, 4) is 11.5 Å². The number of nitrogens with two attached hydrogens (primary N) is 1. The van der Waals surface area contributed by atoms with E-state index in [0.717, 1.165) is 11.6 Å². The van der Waals surface area contributed by atoms with E-state index in [1.54, 1.807) is 27.7 Å². The molecule has 0 aliphatic carbocycles. The average molecular weight is 466 g/mol. The molecule has 10 heteroatoms. The van der Waals surface area contributed by atoms with Crippen LogP contribution in [-0.4, -0.2) is 38.9 Å². The van der Waals surface area contributed by atoms with Crippen LogP contribution in [0.15, 0.2) is 52.9 Å². The topological polar surface area (TPSA) is 158 Å². The molecule has 3 aromatic rings. The molecular weight excluding hydrogens is 440 g/mol. The number of carbonyl (C=O) groups excluding carboxylic acids is 2. The maximum Gasteiger partial charge on any atom is 0.408 e. The molecule has 178 valence electrons. The molecule has 3 rings (SSSR count). The molecule has 1 atom stereocenters. The lowest BCUT2D eigenvalue weighted by atomic mass is 9.92. The summed E-state index contributed by atoms with van der Waals surface area (Å²) in [6.07, 6.45) is -0.370. The van der Waals surface area contributed by atoms with E-state index in [9.17, 15) is 19.5 Å². The Labute approximate surface area is 196 Å². The Morgan fingerprint density at radius 3 is 2.26 bits per heavy atom. The van der Waals surface area contributed by atoms with Gasteiger partial charge in [0.15, 0.2) is 0 Å². The van der Waals surface area contributed by atoms with Gasteiger partial charge in [-0.05, 0) is 51.5 Å². The summed E-state index contributed by atoms with van der Waals surface area (Å²) in [7, 11) is 0. The molecule has 2 aromatic carbocycles. The lowest BCUT2D eigenvalue weighted by Crippen LogP contribution is -2.47. The third-order valence-electron chi connectivity index (χ3n) is 4.79. The fourth-order valence-corrected chi connectivity index (χ4v) is 3.29. The molecule has 1 unspecified atom stereocenters. The van der Waals surface area contributed by atoms with Crippen molar-refractivity contribution in [3.05, 3.63) is 71.1 Å². The van der Waals surface area contributed by atoms with E-state index in [1.165, 1.54) is 12.1 Å². The minimum atomic E-state index is -1.25. The second kappa shape index (κ2) is 9.34. The number of carboxylic acid groups (broad SMARTS) is 1. The number of rotatable bonds is 7. The average Bonchev–Trinajstić information content (AvgIpc) is 3.24. The van der Waals surface area contributed by atoms with Crippen LogP contribution in [0.2, 0.25) is 0 Å². The summed E-state index contributed by atoms with van der Waals surface area (Å²) in [5.41, 5.74) is 4.36. The number of benzene rings is 2. The van der Waals surface area contributed by atoms with Gasteiger partial charge in [-0.1, -0.05) is 30.3 Å². The molecule has 0 aliphatic rings. The SMILES string of the molecule is CC(C)(C)OC(=O)NC(C)(Cc1ccccc1)c1nnc(-c2cc(C(N)=O)cc(C(=O)O)c2)o1. The van der Waals surface area contributed by atoms with Crippen LogP contribution in [0.1, 0.15) is 59.9 Å². The van der Waals surface area contributed by atoms with Gasteiger partial charge < -0.3 is 25.3 Å². The first-order chi connectivity index (χ1) is 15.9. The number of alkyl carbamates (subject to hydrolysis) is 1. The van der Waals surface area contributed by atoms with Gasteiger partial charge in [0.1, 0.15) is 11.1 Å². The van der Waals surface area contributed by atoms with E-state index in [-0.39, 0.29) is 28.5 Å². The lowest BCUT2D eigenvalue weighted by Gasteiger charge is -2.29. The Morgan fingerprint density at radius 1 is 1.03 bits per heavy atom. The molecule has 1 heterocycles. The van der Waals surface area contributed by atoms with Crippen LogP contribution in [0.5, 0.6) is 0 Å².